The SMILES string of the molecule is CC(CN=C(N)N1CCCC(C)C1)CN1CCN(C)CC1.I. The van der Waals surface area contributed by atoms with Crippen molar-refractivity contribution in [1.29, 1.82) is 0 Å². The molecule has 2 aliphatic heterocycles. The number of nitrogens with zero attached hydrogens (tertiary/aromatic N) is 4. The second kappa shape index (κ2) is 9.93. The largest absolute Gasteiger partial charge is 0.370 e. The standard InChI is InChI=1S/C16H33N5.HI/c1-14-5-4-6-21(13-14)16(17)18-11-15(2)12-20-9-7-19(3)8-10-20;/h14-15H,4-13H2,1-3H3,(H2,17,18);1H. The predicted octanol–water partition coefficient (Wildman–Crippen LogP) is 1.53. The summed E-state index contributed by atoms with van der Waals surface area (Å²) >= 11 is 0. The second-order valence-electron chi connectivity index (χ2n) is 7.10. The van der Waals surface area contributed by atoms with Crippen molar-refractivity contribution >= 4 is 29.9 Å². The highest BCUT2D eigenvalue weighted by molar-refractivity contribution is 14.0. The van der Waals surface area contributed by atoms with Gasteiger partial charge < -0.3 is 20.4 Å². The molecule has 2 atom stereocenters. The van der Waals surface area contributed by atoms with Crippen LogP contribution in [-0.2, 0) is 0 Å². The average Bonchev–Trinajstić information content (AvgIpc) is 2.47. The third-order valence-electron chi connectivity index (χ3n) is 4.71. The molecule has 5 nitrogen and oxygen atoms in total. The molecule has 0 saturated carbocycles. The number of halogens is 1. The van der Waals surface area contributed by atoms with E-state index < -0.39 is 0 Å². The van der Waals surface area contributed by atoms with Crippen LogP contribution in [0, 0.1) is 11.8 Å². The minimum absolute atomic E-state index is 0. The molecular formula is C16H34IN5. The normalized spacial score (nSPS) is 26.6. The molecule has 2 saturated heterocycles. The fourth-order valence-corrected chi connectivity index (χ4v) is 3.28. The first-order chi connectivity index (χ1) is 10.0. The van der Waals surface area contributed by atoms with Crippen molar-refractivity contribution < 1.29 is 0 Å². The summed E-state index contributed by atoms with van der Waals surface area (Å²) in [5, 5.41) is 0. The number of aliphatic imine (C=N–C) groups is 1. The summed E-state index contributed by atoms with van der Waals surface area (Å²) in [6.07, 6.45) is 2.57. The van der Waals surface area contributed by atoms with Crippen LogP contribution in [-0.4, -0.2) is 80.1 Å². The van der Waals surface area contributed by atoms with Crippen LogP contribution in [0.5, 0.6) is 0 Å². The van der Waals surface area contributed by atoms with Gasteiger partial charge in [-0.25, -0.2) is 0 Å². The van der Waals surface area contributed by atoms with E-state index in [1.807, 2.05) is 0 Å². The Kier molecular flexibility index (Phi) is 9.01. The first-order valence-corrected chi connectivity index (χ1v) is 8.50. The van der Waals surface area contributed by atoms with Gasteiger partial charge in [0, 0.05) is 52.4 Å². The van der Waals surface area contributed by atoms with E-state index >= 15 is 0 Å². The van der Waals surface area contributed by atoms with Crippen molar-refractivity contribution in [2.24, 2.45) is 22.6 Å². The molecule has 0 bridgehead atoms. The third-order valence-corrected chi connectivity index (χ3v) is 4.71. The van der Waals surface area contributed by atoms with Gasteiger partial charge in [0.1, 0.15) is 0 Å². The van der Waals surface area contributed by atoms with Gasteiger partial charge in [0.15, 0.2) is 5.96 Å². The molecule has 2 rings (SSSR count). The molecular weight excluding hydrogens is 389 g/mol. The topological polar surface area (TPSA) is 48.1 Å². The summed E-state index contributed by atoms with van der Waals surface area (Å²) in [5.74, 6) is 2.08. The lowest BCUT2D eigenvalue weighted by Crippen LogP contribution is -2.46. The quantitative estimate of drug-likeness (QED) is 0.424. The highest BCUT2D eigenvalue weighted by Gasteiger charge is 2.19. The summed E-state index contributed by atoms with van der Waals surface area (Å²) in [6.45, 7) is 13.5. The van der Waals surface area contributed by atoms with E-state index in [2.05, 4.69) is 40.6 Å². The Hall–Kier alpha value is -0.0800. The number of hydrogen-bond donors (Lipinski definition) is 1. The maximum absolute atomic E-state index is 6.17. The predicted molar refractivity (Wildman–Crippen MR) is 105 cm³/mol. The Morgan fingerprint density at radius 3 is 2.55 bits per heavy atom. The molecule has 2 fully saturated rings. The Morgan fingerprint density at radius 2 is 1.91 bits per heavy atom. The lowest BCUT2D eigenvalue weighted by Gasteiger charge is -2.34. The number of guanidine groups is 1. The number of likely N-dealkylation sites (tertiary alicyclic amines) is 1. The maximum atomic E-state index is 6.17. The number of rotatable bonds is 4. The molecule has 0 aromatic carbocycles. The van der Waals surface area contributed by atoms with Gasteiger partial charge in [0.05, 0.1) is 0 Å². The highest BCUT2D eigenvalue weighted by Crippen LogP contribution is 2.15. The summed E-state index contributed by atoms with van der Waals surface area (Å²) in [6, 6.07) is 0. The van der Waals surface area contributed by atoms with E-state index in [0.717, 1.165) is 38.1 Å². The van der Waals surface area contributed by atoms with Crippen molar-refractivity contribution in [2.45, 2.75) is 26.7 Å². The molecule has 2 N–H and O–H groups in total. The van der Waals surface area contributed by atoms with Crippen molar-refractivity contribution in [3.63, 3.8) is 0 Å². The fourth-order valence-electron chi connectivity index (χ4n) is 3.28. The summed E-state index contributed by atoms with van der Waals surface area (Å²) in [5.41, 5.74) is 6.17. The molecule has 0 radical (unpaired) electrons. The molecule has 0 aromatic rings. The van der Waals surface area contributed by atoms with Crippen LogP contribution in [0.2, 0.25) is 0 Å². The molecule has 6 heteroatoms. The van der Waals surface area contributed by atoms with Crippen LogP contribution in [0.4, 0.5) is 0 Å². The Balaban J connectivity index is 0.00000242. The smallest absolute Gasteiger partial charge is 0.191 e. The highest BCUT2D eigenvalue weighted by atomic mass is 127. The van der Waals surface area contributed by atoms with Gasteiger partial charge in [-0.2, -0.15) is 0 Å². The van der Waals surface area contributed by atoms with Crippen molar-refractivity contribution in [1.82, 2.24) is 14.7 Å². The van der Waals surface area contributed by atoms with E-state index in [4.69, 9.17) is 5.73 Å². The lowest BCUT2D eigenvalue weighted by atomic mass is 10.0. The molecule has 2 heterocycles. The van der Waals surface area contributed by atoms with Gasteiger partial charge in [0.25, 0.3) is 0 Å². The minimum Gasteiger partial charge on any atom is -0.370 e. The fraction of sp³-hybridized carbons (Fsp3) is 0.938. The van der Waals surface area contributed by atoms with E-state index in [1.165, 1.54) is 39.0 Å². The zero-order valence-electron chi connectivity index (χ0n) is 14.5. The van der Waals surface area contributed by atoms with Gasteiger partial charge in [-0.1, -0.05) is 13.8 Å². The molecule has 0 spiro atoms. The number of hydrogen-bond acceptors (Lipinski definition) is 3. The first-order valence-electron chi connectivity index (χ1n) is 8.50. The molecule has 0 amide bonds. The second-order valence-corrected chi connectivity index (χ2v) is 7.10. The molecule has 130 valence electrons. The zero-order chi connectivity index (χ0) is 15.2. The van der Waals surface area contributed by atoms with Crippen LogP contribution in [0.15, 0.2) is 4.99 Å². The van der Waals surface area contributed by atoms with Gasteiger partial charge in [-0.05, 0) is 31.7 Å². The molecule has 22 heavy (non-hydrogen) atoms. The molecule has 2 aliphatic rings. The van der Waals surface area contributed by atoms with Gasteiger partial charge in [-0.3, -0.25) is 4.99 Å². The van der Waals surface area contributed by atoms with Crippen LogP contribution in [0.3, 0.4) is 0 Å². The van der Waals surface area contributed by atoms with Crippen LogP contribution >= 0.6 is 24.0 Å². The molecule has 0 aliphatic carbocycles. The summed E-state index contributed by atoms with van der Waals surface area (Å²) in [7, 11) is 2.20. The van der Waals surface area contributed by atoms with Crippen molar-refractivity contribution in [3.05, 3.63) is 0 Å². The van der Waals surface area contributed by atoms with E-state index in [0.29, 0.717) is 5.92 Å². The maximum Gasteiger partial charge on any atom is 0.191 e. The minimum atomic E-state index is 0. The van der Waals surface area contributed by atoms with E-state index in [-0.39, 0.29) is 24.0 Å². The monoisotopic (exact) mass is 423 g/mol. The van der Waals surface area contributed by atoms with Crippen LogP contribution in [0.25, 0.3) is 0 Å². The van der Waals surface area contributed by atoms with Gasteiger partial charge >= 0.3 is 0 Å². The zero-order valence-corrected chi connectivity index (χ0v) is 16.8. The summed E-state index contributed by atoms with van der Waals surface area (Å²) < 4.78 is 0. The van der Waals surface area contributed by atoms with Crippen LogP contribution in [0.1, 0.15) is 26.7 Å². The van der Waals surface area contributed by atoms with E-state index in [9.17, 15) is 0 Å². The average molecular weight is 423 g/mol. The first kappa shape index (κ1) is 20.0. The lowest BCUT2D eigenvalue weighted by molar-refractivity contribution is 0.140. The van der Waals surface area contributed by atoms with Crippen molar-refractivity contribution in [3.8, 4) is 0 Å². The Bertz CT molecular complexity index is 341. The van der Waals surface area contributed by atoms with E-state index in [1.54, 1.807) is 0 Å². The van der Waals surface area contributed by atoms with Crippen molar-refractivity contribution in [2.75, 3.05) is 59.4 Å². The van der Waals surface area contributed by atoms with Gasteiger partial charge in [0.2, 0.25) is 0 Å². The Morgan fingerprint density at radius 1 is 1.23 bits per heavy atom. The summed E-state index contributed by atoms with van der Waals surface area (Å²) in [4.78, 5) is 11.9. The molecule has 0 aromatic heterocycles. The van der Waals surface area contributed by atoms with Gasteiger partial charge in [-0.15, -0.1) is 24.0 Å². The molecule has 2 unspecified atom stereocenters. The number of piperazine rings is 1. The third kappa shape index (κ3) is 6.58. The Labute approximate surface area is 153 Å². The number of piperidine rings is 1. The number of likely N-dealkylation sites (N-methyl/N-ethyl adjacent to an activating group) is 1. The number of nitrogens with two attached hydrogens (primary N) is 1. The van der Waals surface area contributed by atoms with Crippen LogP contribution < -0.4 is 5.73 Å².